The van der Waals surface area contributed by atoms with Crippen molar-refractivity contribution in [2.24, 2.45) is 0 Å². The quantitative estimate of drug-likeness (QED) is 0.377. The van der Waals surface area contributed by atoms with E-state index >= 15 is 0 Å². The summed E-state index contributed by atoms with van der Waals surface area (Å²) in [5.74, 6) is -1.47. The number of quaternary nitrogens is 1. The normalized spacial score (nSPS) is 16.5. The summed E-state index contributed by atoms with van der Waals surface area (Å²) in [5, 5.41) is 12.1. The number of halogens is 3. The van der Waals surface area contributed by atoms with E-state index in [-0.39, 0.29) is 35.9 Å². The lowest BCUT2D eigenvalue weighted by Crippen LogP contribution is -2.80. The Hall–Kier alpha value is -4.19. The molecule has 12 heteroatoms. The van der Waals surface area contributed by atoms with Crippen LogP contribution >= 0.6 is 0 Å². The highest BCUT2D eigenvalue weighted by Gasteiger charge is 2.36. The highest BCUT2D eigenvalue weighted by molar-refractivity contribution is 6.45. The molecule has 9 nitrogen and oxygen atoms in total. The first-order chi connectivity index (χ1) is 18.1. The first-order valence-corrected chi connectivity index (χ1v) is 12.0. The molecular formula is C26H27F3N5O4+. The van der Waals surface area contributed by atoms with Crippen LogP contribution in [0.5, 0.6) is 5.75 Å². The molecule has 0 saturated carbocycles. The summed E-state index contributed by atoms with van der Waals surface area (Å²) >= 11 is 0. The van der Waals surface area contributed by atoms with Gasteiger partial charge in [0.25, 0.3) is 5.91 Å². The number of nitrogens with one attached hydrogen (secondary N) is 2. The minimum atomic E-state index is -4.83. The number of anilines is 2. The lowest BCUT2D eigenvalue weighted by Gasteiger charge is -2.30. The summed E-state index contributed by atoms with van der Waals surface area (Å²) in [6.45, 7) is 0.853. The molecule has 2 aromatic rings. The van der Waals surface area contributed by atoms with Crippen LogP contribution < -0.4 is 25.2 Å². The number of carbonyl (C=O) groups is 3. The van der Waals surface area contributed by atoms with Gasteiger partial charge in [-0.05, 0) is 55.7 Å². The molecule has 4 rings (SSSR count). The molecule has 38 heavy (non-hydrogen) atoms. The zero-order valence-corrected chi connectivity index (χ0v) is 20.6. The summed E-state index contributed by atoms with van der Waals surface area (Å²) in [7, 11) is 1.38. The van der Waals surface area contributed by atoms with Crippen molar-refractivity contribution < 1.29 is 37.6 Å². The number of nitrogens with two attached hydrogens (primary N) is 1. The van der Waals surface area contributed by atoms with Gasteiger partial charge in [0.15, 0.2) is 0 Å². The zero-order chi connectivity index (χ0) is 27.4. The first kappa shape index (κ1) is 26.9. The van der Waals surface area contributed by atoms with Crippen LogP contribution in [-0.2, 0) is 14.4 Å². The highest BCUT2D eigenvalue weighted by Crippen LogP contribution is 2.28. The molecule has 3 amide bonds. The van der Waals surface area contributed by atoms with Crippen molar-refractivity contribution in [1.29, 1.82) is 5.41 Å². The monoisotopic (exact) mass is 530 g/mol. The molecule has 2 aliphatic rings. The van der Waals surface area contributed by atoms with Gasteiger partial charge in [-0.15, -0.1) is 13.2 Å². The van der Waals surface area contributed by atoms with Crippen molar-refractivity contribution in [2.45, 2.75) is 32.0 Å². The molecule has 4 N–H and O–H groups in total. The van der Waals surface area contributed by atoms with Crippen LogP contribution in [0.25, 0.3) is 0 Å². The van der Waals surface area contributed by atoms with Crippen molar-refractivity contribution >= 4 is 40.5 Å². The zero-order valence-electron chi connectivity index (χ0n) is 20.6. The molecular weight excluding hydrogens is 503 g/mol. The molecule has 200 valence electrons. The van der Waals surface area contributed by atoms with Gasteiger partial charge in [0.1, 0.15) is 17.1 Å². The second-order valence-electron chi connectivity index (χ2n) is 8.83. The number of piperidine rings is 1. The third-order valence-corrected chi connectivity index (χ3v) is 6.36. The van der Waals surface area contributed by atoms with E-state index in [1.165, 1.54) is 29.4 Å². The number of hydrogen-bond donors (Lipinski definition) is 3. The Morgan fingerprint density at radius 3 is 2.16 bits per heavy atom. The topological polar surface area (TPSA) is 119 Å². The molecule has 1 saturated heterocycles. The Balaban J connectivity index is 1.60. The van der Waals surface area contributed by atoms with Crippen LogP contribution in [0.15, 0.2) is 59.8 Å². The Morgan fingerprint density at radius 1 is 0.947 bits per heavy atom. The van der Waals surface area contributed by atoms with E-state index in [1.54, 1.807) is 29.2 Å². The van der Waals surface area contributed by atoms with Crippen LogP contribution in [0.1, 0.15) is 25.7 Å². The van der Waals surface area contributed by atoms with Gasteiger partial charge in [0.05, 0.1) is 5.57 Å². The number of alkyl halides is 3. The van der Waals surface area contributed by atoms with Crippen LogP contribution in [0.3, 0.4) is 0 Å². The van der Waals surface area contributed by atoms with E-state index in [2.05, 4.69) is 10.1 Å². The van der Waals surface area contributed by atoms with Crippen molar-refractivity contribution in [3.8, 4) is 5.75 Å². The second kappa shape index (κ2) is 11.1. The van der Waals surface area contributed by atoms with Crippen LogP contribution in [-0.4, -0.2) is 49.9 Å². The fourth-order valence-corrected chi connectivity index (χ4v) is 4.48. The van der Waals surface area contributed by atoms with Crippen molar-refractivity contribution in [3.63, 3.8) is 0 Å². The smallest absolute Gasteiger partial charge is 0.406 e. The highest BCUT2D eigenvalue weighted by atomic mass is 19.4. The minimum Gasteiger partial charge on any atom is -0.406 e. The summed E-state index contributed by atoms with van der Waals surface area (Å²) in [6, 6.07) is 12.0. The summed E-state index contributed by atoms with van der Waals surface area (Å²) < 4.78 is 41.4. The lowest BCUT2D eigenvalue weighted by atomic mass is 9.98. The average Bonchev–Trinajstić information content (AvgIpc) is 2.89. The standard InChI is InChI=1S/C26H26F3N5O4/c1-31-24(36)22(30)20-13-15-34(18-9-7-17(8-10-18)33-14-3-2-4-21(33)35)25(37)23(20)32-16-5-11-19(12-6-16)38-26(27,28)29/h5-12,30,32H,2-4,13-15H2,1H3,(H,31,36)/p+1. The third-order valence-electron chi connectivity index (χ3n) is 6.36. The van der Waals surface area contributed by atoms with Crippen LogP contribution in [0, 0.1) is 5.41 Å². The van der Waals surface area contributed by atoms with Gasteiger partial charge in [0, 0.05) is 50.1 Å². The predicted octanol–water partition coefficient (Wildman–Crippen LogP) is 2.75. The Kier molecular flexibility index (Phi) is 7.81. The van der Waals surface area contributed by atoms with Gasteiger partial charge >= 0.3 is 12.3 Å². The number of rotatable bonds is 7. The lowest BCUT2D eigenvalue weighted by molar-refractivity contribution is -0.512. The SMILES string of the molecule is CNC(=O)C(=N)C1=C([NH2+]c2ccc(OC(F)(F)F)cc2)C(=O)N(c2ccc(N3CCCCC3=O)cc2)CC1. The molecule has 0 spiro atoms. The van der Waals surface area contributed by atoms with Crippen LogP contribution in [0.4, 0.5) is 30.2 Å². The van der Waals surface area contributed by atoms with E-state index < -0.39 is 23.9 Å². The number of hydrogen-bond acceptors (Lipinski definition) is 5. The first-order valence-electron chi connectivity index (χ1n) is 12.0. The maximum absolute atomic E-state index is 13.6. The summed E-state index contributed by atoms with van der Waals surface area (Å²) in [6.07, 6.45) is -2.33. The second-order valence-corrected chi connectivity index (χ2v) is 8.83. The van der Waals surface area contributed by atoms with Gasteiger partial charge in [-0.25, -0.2) is 0 Å². The van der Waals surface area contributed by atoms with E-state index in [9.17, 15) is 27.6 Å². The molecule has 2 heterocycles. The minimum absolute atomic E-state index is 0.0573. The van der Waals surface area contributed by atoms with Gasteiger partial charge < -0.3 is 19.9 Å². The predicted molar refractivity (Wildman–Crippen MR) is 133 cm³/mol. The number of benzene rings is 2. The molecule has 0 aliphatic carbocycles. The summed E-state index contributed by atoms with van der Waals surface area (Å²) in [4.78, 5) is 41.3. The fraction of sp³-hybridized carbons (Fsp3) is 0.308. The Morgan fingerprint density at radius 2 is 1.58 bits per heavy atom. The molecule has 1 fully saturated rings. The van der Waals surface area contributed by atoms with E-state index in [0.717, 1.165) is 30.7 Å². The van der Waals surface area contributed by atoms with E-state index in [1.807, 2.05) is 0 Å². The van der Waals surface area contributed by atoms with Crippen LogP contribution in [0.2, 0.25) is 0 Å². The van der Waals surface area contributed by atoms with Crippen molar-refractivity contribution in [2.75, 3.05) is 29.9 Å². The molecule has 0 aromatic heterocycles. The Labute approximate surface area is 216 Å². The third kappa shape index (κ3) is 6.02. The summed E-state index contributed by atoms with van der Waals surface area (Å²) in [5.41, 5.74) is 1.68. The fourth-order valence-electron chi connectivity index (χ4n) is 4.48. The van der Waals surface area contributed by atoms with E-state index in [4.69, 9.17) is 5.41 Å². The Bertz CT molecular complexity index is 1270. The molecule has 0 atom stereocenters. The van der Waals surface area contributed by atoms with Gasteiger partial charge in [0.2, 0.25) is 11.6 Å². The molecule has 0 bridgehead atoms. The number of nitrogens with zero attached hydrogens (tertiary/aromatic N) is 2. The van der Waals surface area contributed by atoms with Gasteiger partial charge in [-0.1, -0.05) is 0 Å². The van der Waals surface area contributed by atoms with E-state index in [0.29, 0.717) is 24.3 Å². The van der Waals surface area contributed by atoms with Crippen molar-refractivity contribution in [3.05, 3.63) is 59.8 Å². The molecule has 0 radical (unpaired) electrons. The van der Waals surface area contributed by atoms with Gasteiger partial charge in [-0.2, -0.15) is 0 Å². The maximum Gasteiger partial charge on any atom is 0.573 e. The maximum atomic E-state index is 13.6. The number of carbonyl (C=O) groups excluding carboxylic acids is 3. The molecule has 2 aromatic carbocycles. The number of ether oxygens (including phenoxy) is 1. The van der Waals surface area contributed by atoms with Crippen molar-refractivity contribution in [1.82, 2.24) is 5.32 Å². The molecule has 2 aliphatic heterocycles. The average molecular weight is 531 g/mol. The largest absolute Gasteiger partial charge is 0.573 e. The van der Waals surface area contributed by atoms with Gasteiger partial charge in [-0.3, -0.25) is 25.1 Å². The number of amides is 3. The molecule has 0 unspecified atom stereocenters.